The van der Waals surface area contributed by atoms with Crippen molar-refractivity contribution in [2.45, 2.75) is 31.2 Å². The average Bonchev–Trinajstić information content (AvgIpc) is 2.92. The molecule has 0 radical (unpaired) electrons. The van der Waals surface area contributed by atoms with Crippen LogP contribution in [0.5, 0.6) is 0 Å². The molecule has 0 saturated carbocycles. The van der Waals surface area contributed by atoms with E-state index >= 15 is 0 Å². The minimum Gasteiger partial charge on any atom is -0.372 e. The molecule has 118 valence electrons. The van der Waals surface area contributed by atoms with E-state index in [1.807, 2.05) is 13.8 Å². The molecule has 0 bridgehead atoms. The first-order valence-electron chi connectivity index (χ1n) is 7.02. The van der Waals surface area contributed by atoms with Crippen molar-refractivity contribution in [3.63, 3.8) is 0 Å². The van der Waals surface area contributed by atoms with Crippen LogP contribution in [-0.4, -0.2) is 62.0 Å². The summed E-state index contributed by atoms with van der Waals surface area (Å²) in [7, 11) is 0. The molecule has 2 atom stereocenters. The first-order chi connectivity index (χ1) is 10.5. The van der Waals surface area contributed by atoms with Gasteiger partial charge in [-0.1, -0.05) is 11.8 Å². The number of rotatable bonds is 3. The van der Waals surface area contributed by atoms with E-state index in [9.17, 15) is 9.59 Å². The minimum atomic E-state index is -0.262. The molecule has 1 amide bonds. The van der Waals surface area contributed by atoms with Gasteiger partial charge in [0.1, 0.15) is 5.39 Å². The molecular weight excluding hydrogens is 306 g/mol. The normalized spacial score (nSPS) is 22.2. The molecule has 1 aliphatic heterocycles. The highest BCUT2D eigenvalue weighted by atomic mass is 32.2. The number of hydrogen-bond acceptors (Lipinski definition) is 6. The zero-order valence-corrected chi connectivity index (χ0v) is 13.1. The second kappa shape index (κ2) is 6.09. The van der Waals surface area contributed by atoms with Crippen molar-refractivity contribution in [1.82, 2.24) is 25.1 Å². The van der Waals surface area contributed by atoms with E-state index in [2.05, 4.69) is 20.2 Å². The zero-order valence-electron chi connectivity index (χ0n) is 12.3. The van der Waals surface area contributed by atoms with Gasteiger partial charge in [0.2, 0.25) is 5.91 Å². The Balaban J connectivity index is 1.65. The molecule has 22 heavy (non-hydrogen) atoms. The Bertz CT molecular complexity index is 733. The Morgan fingerprint density at radius 1 is 1.45 bits per heavy atom. The van der Waals surface area contributed by atoms with E-state index in [0.29, 0.717) is 29.3 Å². The summed E-state index contributed by atoms with van der Waals surface area (Å²) in [5.41, 5.74) is 0.162. The van der Waals surface area contributed by atoms with Gasteiger partial charge in [0.05, 0.1) is 24.2 Å². The van der Waals surface area contributed by atoms with Crippen LogP contribution in [0.3, 0.4) is 0 Å². The summed E-state index contributed by atoms with van der Waals surface area (Å²) in [5.74, 6) is 0.238. The van der Waals surface area contributed by atoms with Crippen molar-refractivity contribution >= 4 is 28.7 Å². The van der Waals surface area contributed by atoms with Gasteiger partial charge in [-0.15, -0.1) is 0 Å². The van der Waals surface area contributed by atoms with E-state index in [1.165, 1.54) is 18.0 Å². The Morgan fingerprint density at radius 3 is 2.91 bits per heavy atom. The Labute approximate surface area is 130 Å². The molecule has 1 aliphatic rings. The minimum absolute atomic E-state index is 0.0133. The summed E-state index contributed by atoms with van der Waals surface area (Å²) in [4.78, 5) is 32.8. The van der Waals surface area contributed by atoms with Gasteiger partial charge in [-0.3, -0.25) is 14.7 Å². The van der Waals surface area contributed by atoms with Crippen LogP contribution in [-0.2, 0) is 9.53 Å². The molecule has 9 heteroatoms. The fourth-order valence-corrected chi connectivity index (χ4v) is 3.26. The Hall–Kier alpha value is -1.87. The highest BCUT2D eigenvalue weighted by Crippen LogP contribution is 2.16. The molecule has 1 fully saturated rings. The van der Waals surface area contributed by atoms with Crippen LogP contribution in [0.25, 0.3) is 11.0 Å². The van der Waals surface area contributed by atoms with E-state index in [4.69, 9.17) is 4.74 Å². The van der Waals surface area contributed by atoms with Crippen molar-refractivity contribution < 1.29 is 9.53 Å². The smallest absolute Gasteiger partial charge is 0.262 e. The largest absolute Gasteiger partial charge is 0.372 e. The molecule has 8 nitrogen and oxygen atoms in total. The SMILES string of the molecule is C[C@H]1CN(C(=O)CSc2nc3[nH]ncc3c(=O)[nH]2)C[C@H](C)O1. The van der Waals surface area contributed by atoms with Crippen molar-refractivity contribution in [3.8, 4) is 0 Å². The van der Waals surface area contributed by atoms with Gasteiger partial charge in [-0.05, 0) is 13.8 Å². The molecule has 0 spiro atoms. The maximum atomic E-state index is 12.3. The van der Waals surface area contributed by atoms with E-state index in [0.717, 1.165) is 0 Å². The standard InChI is InChI=1S/C13H17N5O3S/c1-7-4-18(5-8(2)21-7)10(19)6-22-13-15-11-9(3-14-17-11)12(20)16-13/h3,7-8H,4-6H2,1-2H3,(H2,14,15,16,17,20)/t7-,8-/m0/s1. The number of ether oxygens (including phenoxy) is 1. The highest BCUT2D eigenvalue weighted by molar-refractivity contribution is 7.99. The Kier molecular flexibility index (Phi) is 4.16. The van der Waals surface area contributed by atoms with Gasteiger partial charge in [-0.25, -0.2) is 4.98 Å². The number of fused-ring (bicyclic) bond motifs is 1. The number of H-pyrrole nitrogens is 2. The van der Waals surface area contributed by atoms with Crippen LogP contribution in [0.2, 0.25) is 0 Å². The van der Waals surface area contributed by atoms with Crippen LogP contribution >= 0.6 is 11.8 Å². The third kappa shape index (κ3) is 3.14. The van der Waals surface area contributed by atoms with Gasteiger partial charge in [0.25, 0.3) is 5.56 Å². The molecule has 2 aromatic heterocycles. The topological polar surface area (TPSA) is 104 Å². The second-order valence-corrected chi connectivity index (χ2v) is 6.31. The number of nitrogens with one attached hydrogen (secondary N) is 2. The first kappa shape index (κ1) is 15.0. The lowest BCUT2D eigenvalue weighted by Crippen LogP contribution is -2.48. The number of carbonyl (C=O) groups is 1. The number of aromatic amines is 2. The van der Waals surface area contributed by atoms with Crippen molar-refractivity contribution in [3.05, 3.63) is 16.6 Å². The van der Waals surface area contributed by atoms with Crippen LogP contribution in [0.1, 0.15) is 13.8 Å². The predicted molar refractivity (Wildman–Crippen MR) is 81.8 cm³/mol. The predicted octanol–water partition coefficient (Wildman–Crippen LogP) is 0.374. The average molecular weight is 323 g/mol. The number of hydrogen-bond donors (Lipinski definition) is 2. The quantitative estimate of drug-likeness (QED) is 0.625. The first-order valence-corrected chi connectivity index (χ1v) is 8.01. The van der Waals surface area contributed by atoms with E-state index in [-0.39, 0.29) is 29.4 Å². The van der Waals surface area contributed by atoms with Crippen molar-refractivity contribution in [1.29, 1.82) is 0 Å². The van der Waals surface area contributed by atoms with Gasteiger partial charge >= 0.3 is 0 Å². The maximum Gasteiger partial charge on any atom is 0.262 e. The number of thioether (sulfide) groups is 1. The molecular formula is C13H17N5O3S. The van der Waals surface area contributed by atoms with Crippen LogP contribution < -0.4 is 5.56 Å². The van der Waals surface area contributed by atoms with Gasteiger partial charge in [0, 0.05) is 13.1 Å². The molecule has 3 heterocycles. The number of carbonyl (C=O) groups excluding carboxylic acids is 1. The lowest BCUT2D eigenvalue weighted by Gasteiger charge is -2.35. The summed E-state index contributed by atoms with van der Waals surface area (Å²) in [6.07, 6.45) is 1.51. The molecule has 1 saturated heterocycles. The molecule has 2 aromatic rings. The fourth-order valence-electron chi connectivity index (χ4n) is 2.50. The molecule has 0 unspecified atom stereocenters. The number of morpholine rings is 1. The highest BCUT2D eigenvalue weighted by Gasteiger charge is 2.25. The number of aromatic nitrogens is 4. The summed E-state index contributed by atoms with van der Waals surface area (Å²) >= 11 is 1.21. The Morgan fingerprint density at radius 2 is 2.18 bits per heavy atom. The van der Waals surface area contributed by atoms with Gasteiger partial charge in [0.15, 0.2) is 10.8 Å². The van der Waals surface area contributed by atoms with E-state index in [1.54, 1.807) is 4.90 Å². The molecule has 2 N–H and O–H groups in total. The van der Waals surface area contributed by atoms with Crippen LogP contribution in [0.15, 0.2) is 16.1 Å². The van der Waals surface area contributed by atoms with E-state index < -0.39 is 0 Å². The van der Waals surface area contributed by atoms with Crippen LogP contribution in [0.4, 0.5) is 0 Å². The third-order valence-electron chi connectivity index (χ3n) is 3.40. The molecule has 0 aromatic carbocycles. The second-order valence-electron chi connectivity index (χ2n) is 5.35. The van der Waals surface area contributed by atoms with Crippen molar-refractivity contribution in [2.75, 3.05) is 18.8 Å². The summed E-state index contributed by atoms with van der Waals surface area (Å²) in [5, 5.41) is 7.26. The van der Waals surface area contributed by atoms with Crippen LogP contribution in [0, 0.1) is 0 Å². The fraction of sp³-hybridized carbons (Fsp3) is 0.538. The maximum absolute atomic E-state index is 12.3. The zero-order chi connectivity index (χ0) is 15.7. The molecule has 0 aliphatic carbocycles. The molecule has 3 rings (SSSR count). The monoisotopic (exact) mass is 323 g/mol. The number of nitrogens with zero attached hydrogens (tertiary/aromatic N) is 3. The van der Waals surface area contributed by atoms with Gasteiger partial charge in [-0.2, -0.15) is 5.10 Å². The summed E-state index contributed by atoms with van der Waals surface area (Å²) < 4.78 is 5.61. The lowest BCUT2D eigenvalue weighted by molar-refractivity contribution is -0.140. The number of amides is 1. The summed E-state index contributed by atoms with van der Waals surface area (Å²) in [6, 6.07) is 0. The third-order valence-corrected chi connectivity index (χ3v) is 4.26. The lowest BCUT2D eigenvalue weighted by atomic mass is 10.2. The van der Waals surface area contributed by atoms with Gasteiger partial charge < -0.3 is 14.6 Å². The van der Waals surface area contributed by atoms with Crippen molar-refractivity contribution in [2.24, 2.45) is 0 Å². The summed E-state index contributed by atoms with van der Waals surface area (Å²) in [6.45, 7) is 5.09.